The van der Waals surface area contributed by atoms with Crippen LogP contribution in [0, 0.1) is 11.3 Å². The van der Waals surface area contributed by atoms with Gasteiger partial charge in [0.25, 0.3) is 0 Å². The summed E-state index contributed by atoms with van der Waals surface area (Å²) in [5, 5.41) is 8.68. The lowest BCUT2D eigenvalue weighted by molar-refractivity contribution is 1.24. The Morgan fingerprint density at radius 3 is 3.00 bits per heavy atom. The molecule has 0 spiro atoms. The summed E-state index contributed by atoms with van der Waals surface area (Å²) in [4.78, 5) is 0. The number of benzene rings is 1. The van der Waals surface area contributed by atoms with Crippen molar-refractivity contribution in [1.29, 1.82) is 5.26 Å². The molecule has 0 saturated heterocycles. The van der Waals surface area contributed by atoms with Gasteiger partial charge in [0.15, 0.2) is 0 Å². The predicted octanol–water partition coefficient (Wildman–Crippen LogP) is 2.91. The Balaban J connectivity index is 2.48. The number of nitrogens with zero attached hydrogens (tertiary/aromatic N) is 1. The molecule has 0 atom stereocenters. The van der Waals surface area contributed by atoms with Crippen LogP contribution >= 0.6 is 15.9 Å². The van der Waals surface area contributed by atoms with Crippen LogP contribution < -0.4 is 0 Å². The van der Waals surface area contributed by atoms with Crippen molar-refractivity contribution >= 4 is 22.0 Å². The third-order valence-corrected chi connectivity index (χ3v) is 2.45. The van der Waals surface area contributed by atoms with Crippen molar-refractivity contribution < 1.29 is 0 Å². The molecule has 1 aromatic carbocycles. The van der Waals surface area contributed by atoms with Gasteiger partial charge < -0.3 is 0 Å². The molecule has 0 saturated carbocycles. The van der Waals surface area contributed by atoms with Gasteiger partial charge >= 0.3 is 0 Å². The summed E-state index contributed by atoms with van der Waals surface area (Å²) in [6, 6.07) is 8.27. The summed E-state index contributed by atoms with van der Waals surface area (Å²) in [7, 11) is 0. The van der Waals surface area contributed by atoms with Crippen molar-refractivity contribution in [3.05, 3.63) is 39.4 Å². The fourth-order valence-electron chi connectivity index (χ4n) is 1.38. The molecular formula is C10H6BrN. The van der Waals surface area contributed by atoms with E-state index >= 15 is 0 Å². The van der Waals surface area contributed by atoms with Gasteiger partial charge in [0, 0.05) is 16.5 Å². The lowest BCUT2D eigenvalue weighted by atomic mass is 10.1. The first-order chi connectivity index (χ1) is 5.79. The highest BCUT2D eigenvalue weighted by molar-refractivity contribution is 9.10. The average molecular weight is 220 g/mol. The molecule has 0 bridgehead atoms. The van der Waals surface area contributed by atoms with Crippen molar-refractivity contribution in [1.82, 2.24) is 0 Å². The summed E-state index contributed by atoms with van der Waals surface area (Å²) in [5.74, 6) is 0. The number of hydrogen-bond donors (Lipinski definition) is 0. The van der Waals surface area contributed by atoms with Gasteiger partial charge in [-0.05, 0) is 29.3 Å². The Morgan fingerprint density at radius 2 is 2.25 bits per heavy atom. The number of allylic oxidation sites excluding steroid dienone is 1. The van der Waals surface area contributed by atoms with Gasteiger partial charge in [-0.2, -0.15) is 5.26 Å². The number of nitriles is 1. The van der Waals surface area contributed by atoms with Gasteiger partial charge in [-0.15, -0.1) is 0 Å². The number of hydrogen-bond acceptors (Lipinski definition) is 1. The highest BCUT2D eigenvalue weighted by Gasteiger charge is 2.11. The van der Waals surface area contributed by atoms with Crippen molar-refractivity contribution in [3.63, 3.8) is 0 Å². The topological polar surface area (TPSA) is 23.8 Å². The summed E-state index contributed by atoms with van der Waals surface area (Å²) in [6.45, 7) is 0. The van der Waals surface area contributed by atoms with Crippen LogP contribution in [0.25, 0.3) is 6.08 Å². The molecule has 1 aliphatic rings. The molecule has 2 heteroatoms. The maximum absolute atomic E-state index is 8.68. The second-order valence-corrected chi connectivity index (χ2v) is 3.72. The zero-order chi connectivity index (χ0) is 8.55. The Bertz CT molecular complexity index is 399. The molecule has 0 heterocycles. The van der Waals surface area contributed by atoms with E-state index in [9.17, 15) is 0 Å². The van der Waals surface area contributed by atoms with Gasteiger partial charge in [-0.25, -0.2) is 0 Å². The quantitative estimate of drug-likeness (QED) is 0.659. The first-order valence-corrected chi connectivity index (χ1v) is 4.48. The number of fused-ring (bicyclic) bond motifs is 1. The van der Waals surface area contributed by atoms with E-state index in [1.54, 1.807) is 0 Å². The van der Waals surface area contributed by atoms with Crippen LogP contribution in [0.2, 0.25) is 0 Å². The smallest absolute Gasteiger partial charge is 0.0950 e. The molecule has 0 aliphatic heterocycles. The van der Waals surface area contributed by atoms with Crippen LogP contribution in [0.15, 0.2) is 28.2 Å². The first-order valence-electron chi connectivity index (χ1n) is 3.69. The standard InChI is InChI=1S/C10H6BrN/c11-10-2-1-8-3-7(6-12)4-9(8)5-10/h1-3,5H,4H2. The zero-order valence-corrected chi connectivity index (χ0v) is 7.93. The van der Waals surface area contributed by atoms with E-state index in [-0.39, 0.29) is 0 Å². The van der Waals surface area contributed by atoms with E-state index in [2.05, 4.69) is 28.1 Å². The fraction of sp³-hybridized carbons (Fsp3) is 0.100. The van der Waals surface area contributed by atoms with Crippen LogP contribution in [-0.4, -0.2) is 0 Å². The Hall–Kier alpha value is -1.07. The normalized spacial score (nSPS) is 13.5. The van der Waals surface area contributed by atoms with Crippen molar-refractivity contribution in [2.24, 2.45) is 0 Å². The van der Waals surface area contributed by atoms with Crippen LogP contribution in [0.1, 0.15) is 11.1 Å². The molecule has 0 aromatic heterocycles. The molecule has 0 N–H and O–H groups in total. The van der Waals surface area contributed by atoms with Crippen molar-refractivity contribution in [2.45, 2.75) is 6.42 Å². The minimum Gasteiger partial charge on any atom is -0.193 e. The molecule has 0 fully saturated rings. The molecule has 0 amide bonds. The van der Waals surface area contributed by atoms with E-state index in [1.165, 1.54) is 11.1 Å². The van der Waals surface area contributed by atoms with Crippen molar-refractivity contribution in [2.75, 3.05) is 0 Å². The molecule has 58 valence electrons. The van der Waals surface area contributed by atoms with E-state index in [4.69, 9.17) is 5.26 Å². The predicted molar refractivity (Wildman–Crippen MR) is 51.4 cm³/mol. The Labute approximate surface area is 79.5 Å². The maximum atomic E-state index is 8.68. The first kappa shape index (κ1) is 7.57. The zero-order valence-electron chi connectivity index (χ0n) is 6.34. The van der Waals surface area contributed by atoms with E-state index in [0.29, 0.717) is 0 Å². The van der Waals surface area contributed by atoms with E-state index < -0.39 is 0 Å². The maximum Gasteiger partial charge on any atom is 0.0950 e. The van der Waals surface area contributed by atoms with Crippen molar-refractivity contribution in [3.8, 4) is 6.07 Å². The monoisotopic (exact) mass is 219 g/mol. The second kappa shape index (κ2) is 2.76. The molecule has 0 unspecified atom stereocenters. The van der Waals surface area contributed by atoms with E-state index in [0.717, 1.165) is 16.5 Å². The van der Waals surface area contributed by atoms with Gasteiger partial charge in [0.2, 0.25) is 0 Å². The van der Waals surface area contributed by atoms with Gasteiger partial charge in [-0.3, -0.25) is 0 Å². The summed E-state index contributed by atoms with van der Waals surface area (Å²) in [6.07, 6.45) is 2.73. The molecular weight excluding hydrogens is 214 g/mol. The number of halogens is 1. The largest absolute Gasteiger partial charge is 0.193 e. The van der Waals surface area contributed by atoms with Crippen LogP contribution in [-0.2, 0) is 6.42 Å². The molecule has 12 heavy (non-hydrogen) atoms. The minimum absolute atomic E-state index is 0.783. The van der Waals surface area contributed by atoms with Crippen LogP contribution in [0.5, 0.6) is 0 Å². The highest BCUT2D eigenvalue weighted by Crippen LogP contribution is 2.26. The summed E-state index contributed by atoms with van der Waals surface area (Å²) >= 11 is 3.40. The lowest BCUT2D eigenvalue weighted by Gasteiger charge is -1.97. The highest BCUT2D eigenvalue weighted by atomic mass is 79.9. The molecule has 2 rings (SSSR count). The fourth-order valence-corrected chi connectivity index (χ4v) is 1.79. The number of rotatable bonds is 0. The average Bonchev–Trinajstić information content (AvgIpc) is 2.46. The minimum atomic E-state index is 0.783. The SMILES string of the molecule is N#CC1=Cc2ccc(Br)cc2C1. The van der Waals surface area contributed by atoms with Gasteiger partial charge in [-0.1, -0.05) is 22.0 Å². The van der Waals surface area contributed by atoms with Gasteiger partial charge in [0.1, 0.15) is 0 Å². The third kappa shape index (κ3) is 1.17. The summed E-state index contributed by atoms with van der Waals surface area (Å²) in [5.41, 5.74) is 3.26. The van der Waals surface area contributed by atoms with Crippen LogP contribution in [0.3, 0.4) is 0 Å². The molecule has 1 aromatic rings. The third-order valence-electron chi connectivity index (χ3n) is 1.96. The second-order valence-electron chi connectivity index (χ2n) is 2.80. The van der Waals surface area contributed by atoms with Gasteiger partial charge in [0.05, 0.1) is 6.07 Å². The Morgan fingerprint density at radius 1 is 1.42 bits per heavy atom. The summed E-state index contributed by atoms with van der Waals surface area (Å²) < 4.78 is 1.08. The lowest BCUT2D eigenvalue weighted by Crippen LogP contribution is -1.82. The molecule has 1 nitrogen and oxygen atoms in total. The Kier molecular flexibility index (Phi) is 1.74. The molecule has 0 radical (unpaired) electrons. The van der Waals surface area contributed by atoms with E-state index in [1.807, 2.05) is 18.2 Å². The van der Waals surface area contributed by atoms with Crippen LogP contribution in [0.4, 0.5) is 0 Å². The molecule has 1 aliphatic carbocycles.